The van der Waals surface area contributed by atoms with Crippen molar-refractivity contribution in [3.05, 3.63) is 52.6 Å². The predicted molar refractivity (Wildman–Crippen MR) is 74.8 cm³/mol. The van der Waals surface area contributed by atoms with Gasteiger partial charge < -0.3 is 15.5 Å². The zero-order chi connectivity index (χ0) is 14.6. The van der Waals surface area contributed by atoms with Crippen LogP contribution in [-0.4, -0.2) is 21.2 Å². The molecule has 2 aliphatic rings. The second kappa shape index (κ2) is 4.43. The van der Waals surface area contributed by atoms with Gasteiger partial charge in [-0.05, 0) is 47.7 Å². The van der Waals surface area contributed by atoms with E-state index in [0.717, 1.165) is 35.2 Å². The summed E-state index contributed by atoms with van der Waals surface area (Å²) in [6, 6.07) is 4.96. The van der Waals surface area contributed by atoms with Crippen molar-refractivity contribution >= 4 is 0 Å². The molecule has 0 radical (unpaired) electrons. The quantitative estimate of drug-likeness (QED) is 0.649. The van der Waals surface area contributed by atoms with Crippen LogP contribution in [0.5, 0.6) is 11.5 Å². The van der Waals surface area contributed by atoms with E-state index in [0.29, 0.717) is 6.54 Å². The number of fused-ring (bicyclic) bond motifs is 5. The summed E-state index contributed by atoms with van der Waals surface area (Å²) in [7, 11) is 0. The van der Waals surface area contributed by atoms with E-state index in [4.69, 9.17) is 0 Å². The number of nitrogens with zero attached hydrogens (tertiary/aromatic N) is 1. The van der Waals surface area contributed by atoms with Crippen molar-refractivity contribution < 1.29 is 14.6 Å². The Hall–Kier alpha value is -2.14. The van der Waals surface area contributed by atoms with Crippen molar-refractivity contribution in [1.82, 2.24) is 10.3 Å². The molecule has 4 nitrogen and oxygen atoms in total. The number of aryl methyl sites for hydroxylation is 1. The van der Waals surface area contributed by atoms with Crippen molar-refractivity contribution in [3.63, 3.8) is 0 Å². The Morgan fingerprint density at radius 3 is 2.81 bits per heavy atom. The summed E-state index contributed by atoms with van der Waals surface area (Å²) in [6.45, 7) is 0.635. The van der Waals surface area contributed by atoms with Crippen molar-refractivity contribution in [2.75, 3.05) is 0 Å². The molecule has 1 aliphatic heterocycles. The van der Waals surface area contributed by atoms with Gasteiger partial charge in [0.2, 0.25) is 0 Å². The van der Waals surface area contributed by atoms with E-state index in [1.54, 1.807) is 18.2 Å². The highest BCUT2D eigenvalue weighted by molar-refractivity contribution is 5.52. The van der Waals surface area contributed by atoms with Crippen LogP contribution >= 0.6 is 0 Å². The summed E-state index contributed by atoms with van der Waals surface area (Å²) in [6.07, 6.45) is 2.98. The first-order valence-corrected chi connectivity index (χ1v) is 7.06. The molecule has 0 unspecified atom stereocenters. The number of benzene rings is 1. The normalized spacial score (nSPS) is 23.1. The highest BCUT2D eigenvalue weighted by atomic mass is 19.1. The molecule has 2 heterocycles. The minimum Gasteiger partial charge on any atom is -0.504 e. The Kier molecular flexibility index (Phi) is 2.65. The lowest BCUT2D eigenvalue weighted by Crippen LogP contribution is -2.43. The molecule has 2 atom stereocenters. The molecule has 0 spiro atoms. The number of phenolic OH excluding ortho intramolecular Hbond substituents is 2. The first-order valence-electron chi connectivity index (χ1n) is 7.06. The molecule has 3 N–H and O–H groups in total. The smallest absolute Gasteiger partial charge is 0.157 e. The van der Waals surface area contributed by atoms with E-state index in [1.807, 2.05) is 0 Å². The maximum atomic E-state index is 13.6. The number of hydrogen-bond acceptors (Lipinski definition) is 4. The lowest BCUT2D eigenvalue weighted by Gasteiger charge is -2.39. The molecular formula is C16H15FN2O2. The van der Waals surface area contributed by atoms with Gasteiger partial charge in [0, 0.05) is 18.5 Å². The molecule has 4 rings (SSSR count). The molecule has 1 aliphatic carbocycles. The fraction of sp³-hybridized carbons (Fsp3) is 0.312. The Morgan fingerprint density at radius 2 is 1.95 bits per heavy atom. The molecule has 1 aromatic carbocycles. The van der Waals surface area contributed by atoms with Gasteiger partial charge in [-0.25, -0.2) is 4.39 Å². The molecule has 0 amide bonds. The highest BCUT2D eigenvalue weighted by Gasteiger charge is 2.36. The summed E-state index contributed by atoms with van der Waals surface area (Å²) in [5.74, 6) is -0.615. The number of aromatic hydroxyl groups is 2. The van der Waals surface area contributed by atoms with Gasteiger partial charge >= 0.3 is 0 Å². The SMILES string of the molecule is Oc1cc2c(cc1O)[C@H]1c3cc(F)cnc3CN[C@@H]1CC2. The number of nitrogens with one attached hydrogen (secondary N) is 1. The fourth-order valence-electron chi connectivity index (χ4n) is 3.57. The van der Waals surface area contributed by atoms with Crippen LogP contribution in [0.2, 0.25) is 0 Å². The number of rotatable bonds is 0. The van der Waals surface area contributed by atoms with Crippen LogP contribution < -0.4 is 5.32 Å². The molecule has 0 bridgehead atoms. The van der Waals surface area contributed by atoms with Crippen molar-refractivity contribution in [3.8, 4) is 11.5 Å². The Labute approximate surface area is 121 Å². The van der Waals surface area contributed by atoms with Gasteiger partial charge in [0.25, 0.3) is 0 Å². The first-order chi connectivity index (χ1) is 10.1. The van der Waals surface area contributed by atoms with Crippen LogP contribution in [0.1, 0.15) is 34.7 Å². The van der Waals surface area contributed by atoms with Gasteiger partial charge in [-0.3, -0.25) is 4.98 Å². The molecule has 1 aromatic heterocycles. The molecule has 108 valence electrons. The molecule has 21 heavy (non-hydrogen) atoms. The zero-order valence-corrected chi connectivity index (χ0v) is 11.3. The van der Waals surface area contributed by atoms with Gasteiger partial charge in [-0.2, -0.15) is 0 Å². The summed E-state index contributed by atoms with van der Waals surface area (Å²) >= 11 is 0. The van der Waals surface area contributed by atoms with Gasteiger partial charge in [0.05, 0.1) is 11.9 Å². The molecule has 0 saturated carbocycles. The third-order valence-corrected chi connectivity index (χ3v) is 4.54. The average molecular weight is 286 g/mol. The van der Waals surface area contributed by atoms with Crippen LogP contribution in [0.15, 0.2) is 24.4 Å². The lowest BCUT2D eigenvalue weighted by atomic mass is 9.73. The van der Waals surface area contributed by atoms with E-state index < -0.39 is 0 Å². The Balaban J connectivity index is 1.92. The monoisotopic (exact) mass is 286 g/mol. The van der Waals surface area contributed by atoms with Gasteiger partial charge in [-0.15, -0.1) is 0 Å². The van der Waals surface area contributed by atoms with E-state index in [-0.39, 0.29) is 29.3 Å². The minimum atomic E-state index is -0.343. The summed E-state index contributed by atoms with van der Waals surface area (Å²) in [5, 5.41) is 22.9. The highest BCUT2D eigenvalue weighted by Crippen LogP contribution is 2.43. The fourth-order valence-corrected chi connectivity index (χ4v) is 3.57. The molecule has 2 aromatic rings. The topological polar surface area (TPSA) is 65.4 Å². The van der Waals surface area contributed by atoms with Gasteiger partial charge in [0.1, 0.15) is 5.82 Å². The summed E-state index contributed by atoms with van der Waals surface area (Å²) in [5.41, 5.74) is 3.68. The van der Waals surface area contributed by atoms with Crippen molar-refractivity contribution in [2.24, 2.45) is 0 Å². The van der Waals surface area contributed by atoms with E-state index in [2.05, 4.69) is 10.3 Å². The first kappa shape index (κ1) is 12.6. The third kappa shape index (κ3) is 1.88. The second-order valence-corrected chi connectivity index (χ2v) is 5.73. The van der Waals surface area contributed by atoms with E-state index in [9.17, 15) is 14.6 Å². The number of halogens is 1. The van der Waals surface area contributed by atoms with E-state index >= 15 is 0 Å². The number of hydrogen-bond donors (Lipinski definition) is 3. The van der Waals surface area contributed by atoms with Gasteiger partial charge in [0.15, 0.2) is 11.5 Å². The third-order valence-electron chi connectivity index (χ3n) is 4.54. The maximum Gasteiger partial charge on any atom is 0.157 e. The molecule has 5 heteroatoms. The summed E-state index contributed by atoms with van der Waals surface area (Å²) < 4.78 is 13.6. The number of phenols is 2. The summed E-state index contributed by atoms with van der Waals surface area (Å²) in [4.78, 5) is 4.17. The van der Waals surface area contributed by atoms with Crippen LogP contribution in [0.4, 0.5) is 4.39 Å². The standard InChI is InChI=1S/C16H15FN2O2/c17-9-4-11-13(18-6-9)7-19-12-2-1-8-3-14(20)15(21)5-10(8)16(11)12/h3-6,12,16,19-21H,1-2,7H2/t12-,16+/m1/s1. The van der Waals surface area contributed by atoms with Gasteiger partial charge in [-0.1, -0.05) is 0 Å². The number of aromatic nitrogens is 1. The molecule has 0 saturated heterocycles. The average Bonchev–Trinajstić information content (AvgIpc) is 2.48. The van der Waals surface area contributed by atoms with Crippen molar-refractivity contribution in [2.45, 2.75) is 31.3 Å². The number of pyridine rings is 1. The Morgan fingerprint density at radius 1 is 1.14 bits per heavy atom. The zero-order valence-electron chi connectivity index (χ0n) is 11.3. The minimum absolute atomic E-state index is 0.0350. The van der Waals surface area contributed by atoms with Crippen LogP contribution in [0.25, 0.3) is 0 Å². The Bertz CT molecular complexity index is 732. The van der Waals surface area contributed by atoms with Crippen LogP contribution in [-0.2, 0) is 13.0 Å². The van der Waals surface area contributed by atoms with Crippen LogP contribution in [0.3, 0.4) is 0 Å². The van der Waals surface area contributed by atoms with Crippen molar-refractivity contribution in [1.29, 1.82) is 0 Å². The molecule has 0 fully saturated rings. The largest absolute Gasteiger partial charge is 0.504 e. The second-order valence-electron chi connectivity index (χ2n) is 5.73. The van der Waals surface area contributed by atoms with Crippen LogP contribution in [0, 0.1) is 5.82 Å². The lowest BCUT2D eigenvalue weighted by molar-refractivity contribution is 0.376. The van der Waals surface area contributed by atoms with E-state index in [1.165, 1.54) is 6.20 Å². The molecular weight excluding hydrogens is 271 g/mol. The maximum absolute atomic E-state index is 13.6. The predicted octanol–water partition coefficient (Wildman–Crippen LogP) is 2.18.